The van der Waals surface area contributed by atoms with Crippen molar-refractivity contribution in [1.82, 2.24) is 0 Å². The van der Waals surface area contributed by atoms with E-state index in [4.69, 9.17) is 16.7 Å². The third-order valence-corrected chi connectivity index (χ3v) is 4.41. The lowest BCUT2D eigenvalue weighted by Gasteiger charge is -2.37. The number of aliphatic carboxylic acids is 1. The fraction of sp³-hybridized carbons (Fsp3) is 0.500. The summed E-state index contributed by atoms with van der Waals surface area (Å²) < 4.78 is 0. The smallest absolute Gasteiger partial charge is 0.303 e. The van der Waals surface area contributed by atoms with E-state index in [0.717, 1.165) is 31.6 Å². The zero-order valence-corrected chi connectivity index (χ0v) is 12.8. The number of rotatable bonds is 4. The van der Waals surface area contributed by atoms with Gasteiger partial charge in [0.1, 0.15) is 6.07 Å². The fourth-order valence-electron chi connectivity index (χ4n) is 3.01. The van der Waals surface area contributed by atoms with E-state index in [2.05, 4.69) is 11.0 Å². The Hall–Kier alpha value is -1.73. The lowest BCUT2D eigenvalue weighted by Crippen LogP contribution is -2.38. The Labute approximate surface area is 129 Å². The monoisotopic (exact) mass is 306 g/mol. The van der Waals surface area contributed by atoms with Crippen LogP contribution in [0.25, 0.3) is 0 Å². The van der Waals surface area contributed by atoms with Crippen LogP contribution in [0.1, 0.15) is 31.7 Å². The molecule has 4 nitrogen and oxygen atoms in total. The molecule has 0 aliphatic carbocycles. The lowest BCUT2D eigenvalue weighted by molar-refractivity contribution is -0.138. The number of nitriles is 1. The van der Waals surface area contributed by atoms with Gasteiger partial charge in [-0.05, 0) is 42.9 Å². The van der Waals surface area contributed by atoms with Crippen LogP contribution in [0.3, 0.4) is 0 Å². The third-order valence-electron chi connectivity index (χ3n) is 4.18. The Morgan fingerprint density at radius 3 is 3.05 bits per heavy atom. The average Bonchev–Trinajstić information content (AvgIpc) is 2.46. The normalized spacial score (nSPS) is 19.9. The Balaban J connectivity index is 2.14. The van der Waals surface area contributed by atoms with Crippen molar-refractivity contribution in [1.29, 1.82) is 5.26 Å². The highest BCUT2D eigenvalue weighted by Crippen LogP contribution is 2.31. The summed E-state index contributed by atoms with van der Waals surface area (Å²) >= 11 is 5.94. The number of benzene rings is 1. The van der Waals surface area contributed by atoms with Crippen molar-refractivity contribution in [2.75, 3.05) is 18.0 Å². The minimum Gasteiger partial charge on any atom is -0.481 e. The molecule has 1 aromatic carbocycles. The molecule has 0 radical (unpaired) electrons. The van der Waals surface area contributed by atoms with Gasteiger partial charge in [-0.2, -0.15) is 5.26 Å². The van der Waals surface area contributed by atoms with Crippen LogP contribution in [-0.4, -0.2) is 24.2 Å². The Morgan fingerprint density at radius 2 is 2.38 bits per heavy atom. The molecule has 21 heavy (non-hydrogen) atoms. The molecule has 2 rings (SSSR count). The maximum absolute atomic E-state index is 10.9. The van der Waals surface area contributed by atoms with Crippen LogP contribution in [0.5, 0.6) is 0 Å². The van der Waals surface area contributed by atoms with Crippen molar-refractivity contribution < 1.29 is 9.90 Å². The number of piperidine rings is 1. The third kappa shape index (κ3) is 3.89. The summed E-state index contributed by atoms with van der Waals surface area (Å²) in [4.78, 5) is 13.1. The van der Waals surface area contributed by atoms with E-state index in [1.165, 1.54) is 0 Å². The molecule has 0 amide bonds. The lowest BCUT2D eigenvalue weighted by atomic mass is 9.84. The molecule has 1 saturated heterocycles. The highest BCUT2D eigenvalue weighted by molar-refractivity contribution is 6.30. The number of hydrogen-bond donors (Lipinski definition) is 1. The van der Waals surface area contributed by atoms with Crippen molar-refractivity contribution >= 4 is 23.3 Å². The largest absolute Gasteiger partial charge is 0.481 e. The van der Waals surface area contributed by atoms with Crippen LogP contribution in [0, 0.1) is 23.2 Å². The summed E-state index contributed by atoms with van der Waals surface area (Å²) in [6, 6.07) is 7.55. The molecule has 0 bridgehead atoms. The molecule has 0 spiro atoms. The molecular formula is C16H19ClN2O2. The predicted octanol–water partition coefficient (Wildman–Crippen LogP) is 3.54. The van der Waals surface area contributed by atoms with Crippen molar-refractivity contribution in [3.63, 3.8) is 0 Å². The molecule has 0 saturated carbocycles. The number of carboxylic acids is 1. The van der Waals surface area contributed by atoms with Crippen LogP contribution in [0.15, 0.2) is 18.2 Å². The van der Waals surface area contributed by atoms with E-state index in [1.54, 1.807) is 12.1 Å². The quantitative estimate of drug-likeness (QED) is 0.924. The van der Waals surface area contributed by atoms with Crippen molar-refractivity contribution in [3.05, 3.63) is 28.8 Å². The molecule has 5 heteroatoms. The second-order valence-electron chi connectivity index (χ2n) is 5.70. The SMILES string of the molecule is CC(CC(=O)O)C1CCCN(c2ccc(Cl)cc2C#N)C1. The van der Waals surface area contributed by atoms with Gasteiger partial charge in [-0.3, -0.25) is 4.79 Å². The molecule has 2 atom stereocenters. The number of nitrogens with zero attached hydrogens (tertiary/aromatic N) is 2. The Kier molecular flexibility index (Phi) is 5.08. The highest BCUT2D eigenvalue weighted by atomic mass is 35.5. The number of hydrogen-bond acceptors (Lipinski definition) is 3. The van der Waals surface area contributed by atoms with Gasteiger partial charge in [0.05, 0.1) is 11.3 Å². The van der Waals surface area contributed by atoms with Crippen molar-refractivity contribution in [2.24, 2.45) is 11.8 Å². The van der Waals surface area contributed by atoms with Gasteiger partial charge >= 0.3 is 5.97 Å². The van der Waals surface area contributed by atoms with Gasteiger partial charge in [-0.25, -0.2) is 0 Å². The van der Waals surface area contributed by atoms with Gasteiger partial charge in [0.2, 0.25) is 0 Å². The molecule has 1 aromatic rings. The maximum atomic E-state index is 10.9. The maximum Gasteiger partial charge on any atom is 0.303 e. The summed E-state index contributed by atoms with van der Waals surface area (Å²) in [5.74, 6) is -0.260. The van der Waals surface area contributed by atoms with Crippen molar-refractivity contribution in [3.8, 4) is 6.07 Å². The van der Waals surface area contributed by atoms with Gasteiger partial charge in [0.25, 0.3) is 0 Å². The summed E-state index contributed by atoms with van der Waals surface area (Å²) in [6.07, 6.45) is 2.26. The van der Waals surface area contributed by atoms with Gasteiger partial charge in [-0.1, -0.05) is 18.5 Å². The minimum absolute atomic E-state index is 0.142. The number of carbonyl (C=O) groups is 1. The van der Waals surface area contributed by atoms with E-state index in [9.17, 15) is 10.1 Å². The van der Waals surface area contributed by atoms with Crippen LogP contribution < -0.4 is 4.90 Å². The topological polar surface area (TPSA) is 64.3 Å². The first kappa shape index (κ1) is 15.7. The molecule has 1 aliphatic rings. The van der Waals surface area contributed by atoms with E-state index in [1.807, 2.05) is 13.0 Å². The molecule has 2 unspecified atom stereocenters. The van der Waals surface area contributed by atoms with Crippen LogP contribution >= 0.6 is 11.6 Å². The van der Waals surface area contributed by atoms with E-state index >= 15 is 0 Å². The number of anilines is 1. The molecule has 112 valence electrons. The van der Waals surface area contributed by atoms with Gasteiger partial charge < -0.3 is 10.0 Å². The first-order chi connectivity index (χ1) is 10.0. The van der Waals surface area contributed by atoms with Crippen LogP contribution in [0.2, 0.25) is 5.02 Å². The summed E-state index contributed by atoms with van der Waals surface area (Å²) in [6.45, 7) is 3.69. The average molecular weight is 307 g/mol. The van der Waals surface area contributed by atoms with Crippen LogP contribution in [0.4, 0.5) is 5.69 Å². The highest BCUT2D eigenvalue weighted by Gasteiger charge is 2.27. The van der Waals surface area contributed by atoms with E-state index in [0.29, 0.717) is 16.5 Å². The van der Waals surface area contributed by atoms with E-state index < -0.39 is 5.97 Å². The summed E-state index contributed by atoms with van der Waals surface area (Å²) in [7, 11) is 0. The summed E-state index contributed by atoms with van der Waals surface area (Å²) in [5.41, 5.74) is 1.48. The van der Waals surface area contributed by atoms with Gasteiger partial charge in [0, 0.05) is 24.5 Å². The zero-order valence-electron chi connectivity index (χ0n) is 12.1. The standard InChI is InChI=1S/C16H19ClN2O2/c1-11(7-16(20)21)12-3-2-6-19(10-12)15-5-4-14(17)8-13(15)9-18/h4-5,8,11-12H,2-3,6-7,10H2,1H3,(H,20,21). The van der Waals surface area contributed by atoms with E-state index in [-0.39, 0.29) is 12.3 Å². The molecule has 0 aromatic heterocycles. The number of halogens is 1. The fourth-order valence-corrected chi connectivity index (χ4v) is 3.18. The molecule has 1 heterocycles. The summed E-state index contributed by atoms with van der Waals surface area (Å²) in [5, 5.41) is 18.8. The van der Waals surface area contributed by atoms with Crippen molar-refractivity contribution in [2.45, 2.75) is 26.2 Å². The second-order valence-corrected chi connectivity index (χ2v) is 6.13. The second kappa shape index (κ2) is 6.82. The molecular weight excluding hydrogens is 288 g/mol. The minimum atomic E-state index is -0.746. The Bertz CT molecular complexity index is 568. The number of carboxylic acid groups (broad SMARTS) is 1. The molecule has 1 aliphatic heterocycles. The first-order valence-corrected chi connectivity index (χ1v) is 7.55. The molecule has 1 N–H and O–H groups in total. The predicted molar refractivity (Wildman–Crippen MR) is 82.5 cm³/mol. The van der Waals surface area contributed by atoms with Gasteiger partial charge in [0.15, 0.2) is 0 Å². The van der Waals surface area contributed by atoms with Crippen LogP contribution in [-0.2, 0) is 4.79 Å². The van der Waals surface area contributed by atoms with Gasteiger partial charge in [-0.15, -0.1) is 0 Å². The first-order valence-electron chi connectivity index (χ1n) is 7.17. The Morgan fingerprint density at radius 1 is 1.62 bits per heavy atom. The molecule has 1 fully saturated rings. The zero-order chi connectivity index (χ0) is 15.4.